The van der Waals surface area contributed by atoms with Crippen molar-refractivity contribution in [1.82, 2.24) is 14.7 Å². The predicted octanol–water partition coefficient (Wildman–Crippen LogP) is 2.69. The Kier molecular flexibility index (Phi) is 5.95. The fourth-order valence-electron chi connectivity index (χ4n) is 4.98. The number of likely N-dealkylation sites (tertiary alicyclic amines) is 2. The standard InChI is InChI=1S/C19H33N3O4/c1-4-16-19(26-18(24)22(16)5-2)9-13-20(14-10-19)15-7-11-21(12-8-15)17(23)25-6-3/h15-16H,4-14H2,1-3H3. The van der Waals surface area contributed by atoms with Crippen molar-refractivity contribution in [3.63, 3.8) is 0 Å². The molecule has 0 aromatic heterocycles. The minimum absolute atomic E-state index is 0.143. The highest BCUT2D eigenvalue weighted by molar-refractivity contribution is 5.71. The number of carbonyl (C=O) groups is 2. The van der Waals surface area contributed by atoms with Crippen molar-refractivity contribution in [2.45, 2.75) is 70.6 Å². The summed E-state index contributed by atoms with van der Waals surface area (Å²) in [5.41, 5.74) is -0.302. The van der Waals surface area contributed by atoms with Gasteiger partial charge in [0, 0.05) is 51.6 Å². The van der Waals surface area contributed by atoms with E-state index < -0.39 is 0 Å². The lowest BCUT2D eigenvalue weighted by Gasteiger charge is -2.45. The Morgan fingerprint density at radius 3 is 2.35 bits per heavy atom. The van der Waals surface area contributed by atoms with Crippen molar-refractivity contribution in [2.24, 2.45) is 0 Å². The molecule has 0 aliphatic carbocycles. The van der Waals surface area contributed by atoms with Gasteiger partial charge in [0.2, 0.25) is 0 Å². The number of hydrogen-bond acceptors (Lipinski definition) is 5. The maximum atomic E-state index is 12.2. The topological polar surface area (TPSA) is 62.3 Å². The van der Waals surface area contributed by atoms with Crippen LogP contribution in [0.25, 0.3) is 0 Å². The van der Waals surface area contributed by atoms with Gasteiger partial charge < -0.3 is 19.3 Å². The van der Waals surface area contributed by atoms with Crippen LogP contribution in [0.4, 0.5) is 9.59 Å². The van der Waals surface area contributed by atoms with Crippen molar-refractivity contribution in [3.05, 3.63) is 0 Å². The van der Waals surface area contributed by atoms with Crippen molar-refractivity contribution in [3.8, 4) is 0 Å². The first-order chi connectivity index (χ1) is 12.5. The molecule has 0 N–H and O–H groups in total. The van der Waals surface area contributed by atoms with Crippen LogP contribution in [0.5, 0.6) is 0 Å². The SMILES string of the molecule is CCOC(=O)N1CCC(N2CCC3(CC2)OC(=O)N(CC)C3CC)CC1. The Bertz CT molecular complexity index is 511. The fourth-order valence-corrected chi connectivity index (χ4v) is 4.98. The van der Waals surface area contributed by atoms with Crippen LogP contribution in [0.15, 0.2) is 0 Å². The molecule has 3 saturated heterocycles. The second kappa shape index (κ2) is 8.03. The fraction of sp³-hybridized carbons (Fsp3) is 0.895. The molecule has 1 spiro atoms. The number of ether oxygens (including phenoxy) is 2. The van der Waals surface area contributed by atoms with E-state index in [0.717, 1.165) is 64.8 Å². The van der Waals surface area contributed by atoms with E-state index in [9.17, 15) is 9.59 Å². The average Bonchev–Trinajstić information content (AvgIpc) is 2.92. The van der Waals surface area contributed by atoms with Gasteiger partial charge in [0.25, 0.3) is 0 Å². The summed E-state index contributed by atoms with van der Waals surface area (Å²) >= 11 is 0. The Balaban J connectivity index is 1.53. The first-order valence-corrected chi connectivity index (χ1v) is 10.2. The maximum absolute atomic E-state index is 12.2. The number of rotatable bonds is 4. The van der Waals surface area contributed by atoms with E-state index in [0.29, 0.717) is 12.6 Å². The Hall–Kier alpha value is -1.50. The largest absolute Gasteiger partial charge is 0.450 e. The third-order valence-electron chi connectivity index (χ3n) is 6.39. The lowest BCUT2D eigenvalue weighted by atomic mass is 9.82. The van der Waals surface area contributed by atoms with Crippen LogP contribution in [0.3, 0.4) is 0 Å². The number of amides is 2. The van der Waals surface area contributed by atoms with Crippen LogP contribution in [-0.2, 0) is 9.47 Å². The second-order valence-corrected chi connectivity index (χ2v) is 7.60. The molecule has 3 aliphatic rings. The summed E-state index contributed by atoms with van der Waals surface area (Å²) in [6, 6.07) is 0.713. The number of likely N-dealkylation sites (N-methyl/N-ethyl adjacent to an activating group) is 1. The van der Waals surface area contributed by atoms with Gasteiger partial charge in [-0.1, -0.05) is 6.92 Å². The molecule has 7 heteroatoms. The van der Waals surface area contributed by atoms with E-state index in [2.05, 4.69) is 11.8 Å². The van der Waals surface area contributed by atoms with Crippen molar-refractivity contribution in [2.75, 3.05) is 39.3 Å². The van der Waals surface area contributed by atoms with E-state index in [1.54, 1.807) is 0 Å². The van der Waals surface area contributed by atoms with Gasteiger partial charge in [-0.15, -0.1) is 0 Å². The lowest BCUT2D eigenvalue weighted by Crippen LogP contribution is -2.56. The van der Waals surface area contributed by atoms with Crippen LogP contribution < -0.4 is 0 Å². The minimum Gasteiger partial charge on any atom is -0.450 e. The molecule has 0 aromatic carbocycles. The van der Waals surface area contributed by atoms with Crippen molar-refractivity contribution in [1.29, 1.82) is 0 Å². The van der Waals surface area contributed by atoms with Crippen molar-refractivity contribution < 1.29 is 19.1 Å². The molecule has 1 unspecified atom stereocenters. The molecular formula is C19H33N3O4. The maximum Gasteiger partial charge on any atom is 0.410 e. The molecule has 148 valence electrons. The zero-order valence-electron chi connectivity index (χ0n) is 16.4. The highest BCUT2D eigenvalue weighted by Crippen LogP contribution is 2.40. The van der Waals surface area contributed by atoms with Gasteiger partial charge in [-0.3, -0.25) is 4.90 Å². The molecule has 3 fully saturated rings. The third-order valence-corrected chi connectivity index (χ3v) is 6.39. The van der Waals surface area contributed by atoms with Crippen LogP contribution in [-0.4, -0.2) is 83.9 Å². The molecule has 3 rings (SSSR count). The van der Waals surface area contributed by atoms with Crippen LogP contribution >= 0.6 is 0 Å². The average molecular weight is 367 g/mol. The monoisotopic (exact) mass is 367 g/mol. The normalized spacial score (nSPS) is 27.0. The molecule has 3 heterocycles. The highest BCUT2D eigenvalue weighted by Gasteiger charge is 2.53. The predicted molar refractivity (Wildman–Crippen MR) is 98.1 cm³/mol. The second-order valence-electron chi connectivity index (χ2n) is 7.60. The first-order valence-electron chi connectivity index (χ1n) is 10.2. The molecule has 0 saturated carbocycles. The number of hydrogen-bond donors (Lipinski definition) is 0. The minimum atomic E-state index is -0.302. The van der Waals surface area contributed by atoms with Gasteiger partial charge >= 0.3 is 12.2 Å². The summed E-state index contributed by atoms with van der Waals surface area (Å²) in [6.07, 6.45) is 4.41. The van der Waals surface area contributed by atoms with Crippen LogP contribution in [0.2, 0.25) is 0 Å². The van der Waals surface area contributed by atoms with Crippen LogP contribution in [0, 0.1) is 0 Å². The van der Waals surface area contributed by atoms with E-state index in [1.807, 2.05) is 23.6 Å². The molecule has 3 aliphatic heterocycles. The first kappa shape index (κ1) is 19.3. The smallest absolute Gasteiger partial charge is 0.410 e. The third kappa shape index (κ3) is 3.50. The van der Waals surface area contributed by atoms with Gasteiger partial charge in [-0.25, -0.2) is 9.59 Å². The highest BCUT2D eigenvalue weighted by atomic mass is 16.6. The molecule has 2 amide bonds. The van der Waals surface area contributed by atoms with E-state index in [4.69, 9.17) is 9.47 Å². The molecule has 26 heavy (non-hydrogen) atoms. The Morgan fingerprint density at radius 2 is 1.81 bits per heavy atom. The Labute approximate surface area is 156 Å². The summed E-state index contributed by atoms with van der Waals surface area (Å²) in [5.74, 6) is 0. The Morgan fingerprint density at radius 1 is 1.15 bits per heavy atom. The summed E-state index contributed by atoms with van der Waals surface area (Å²) in [5, 5.41) is 0. The summed E-state index contributed by atoms with van der Waals surface area (Å²) in [6.45, 7) is 10.6. The van der Waals surface area contributed by atoms with E-state index in [-0.39, 0.29) is 23.8 Å². The number of piperidine rings is 2. The quantitative estimate of drug-likeness (QED) is 0.764. The van der Waals surface area contributed by atoms with Gasteiger partial charge in [-0.05, 0) is 33.1 Å². The van der Waals surface area contributed by atoms with E-state index >= 15 is 0 Å². The number of carbonyl (C=O) groups excluding carboxylic acids is 2. The van der Waals surface area contributed by atoms with Gasteiger partial charge in [-0.2, -0.15) is 0 Å². The summed E-state index contributed by atoms with van der Waals surface area (Å²) < 4.78 is 11.0. The van der Waals surface area contributed by atoms with Gasteiger partial charge in [0.1, 0.15) is 5.60 Å². The zero-order chi connectivity index (χ0) is 18.7. The molecule has 1 atom stereocenters. The lowest BCUT2D eigenvalue weighted by molar-refractivity contribution is -0.0373. The van der Waals surface area contributed by atoms with E-state index in [1.165, 1.54) is 0 Å². The number of nitrogens with zero attached hydrogens (tertiary/aromatic N) is 3. The molecular weight excluding hydrogens is 334 g/mol. The zero-order valence-corrected chi connectivity index (χ0v) is 16.4. The molecule has 0 aromatic rings. The summed E-state index contributed by atoms with van der Waals surface area (Å²) in [4.78, 5) is 30.3. The van der Waals surface area contributed by atoms with Crippen LogP contribution in [0.1, 0.15) is 52.9 Å². The van der Waals surface area contributed by atoms with Gasteiger partial charge in [0.05, 0.1) is 12.6 Å². The van der Waals surface area contributed by atoms with Crippen molar-refractivity contribution >= 4 is 12.2 Å². The summed E-state index contributed by atoms with van der Waals surface area (Å²) in [7, 11) is 0. The van der Waals surface area contributed by atoms with Gasteiger partial charge in [0.15, 0.2) is 0 Å². The molecule has 7 nitrogen and oxygen atoms in total. The molecule has 0 radical (unpaired) electrons. The molecule has 0 bridgehead atoms.